The van der Waals surface area contributed by atoms with Crippen molar-refractivity contribution in [2.24, 2.45) is 4.99 Å². The number of hydrogen-bond donors (Lipinski definition) is 1. The van der Waals surface area contributed by atoms with Crippen molar-refractivity contribution in [3.63, 3.8) is 0 Å². The Bertz CT molecular complexity index is 433. The molecule has 98 valence electrons. The molecule has 1 aromatic rings. The normalized spacial score (nSPS) is 13.2. The minimum absolute atomic E-state index is 0.338. The summed E-state index contributed by atoms with van der Waals surface area (Å²) in [6, 6.07) is 2.68. The number of pyridine rings is 1. The van der Waals surface area contributed by atoms with Crippen molar-refractivity contribution in [2.45, 2.75) is 25.9 Å². The zero-order chi connectivity index (χ0) is 13.5. The summed E-state index contributed by atoms with van der Waals surface area (Å²) in [5.41, 5.74) is 0.888. The van der Waals surface area contributed by atoms with Gasteiger partial charge in [-0.15, -0.1) is 0 Å². The van der Waals surface area contributed by atoms with E-state index in [9.17, 15) is 10.1 Å². The quantitative estimate of drug-likeness (QED) is 0.291. The van der Waals surface area contributed by atoms with Crippen LogP contribution in [0.2, 0.25) is 5.15 Å². The van der Waals surface area contributed by atoms with Gasteiger partial charge in [0.05, 0.1) is 0 Å². The molecule has 1 aromatic heterocycles. The van der Waals surface area contributed by atoms with Crippen molar-refractivity contribution in [3.05, 3.63) is 39.2 Å². The molecule has 0 saturated carbocycles. The summed E-state index contributed by atoms with van der Waals surface area (Å²) in [6.07, 6.45) is 2.02. The lowest BCUT2D eigenvalue weighted by Gasteiger charge is -2.12. The third-order valence-corrected chi connectivity index (χ3v) is 2.68. The number of nitrogens with one attached hydrogen (secondary N) is 1. The van der Waals surface area contributed by atoms with Gasteiger partial charge < -0.3 is 5.32 Å². The summed E-state index contributed by atoms with van der Waals surface area (Å²) in [6.45, 7) is 2.19. The minimum Gasteiger partial charge on any atom is -0.364 e. The van der Waals surface area contributed by atoms with Gasteiger partial charge in [0, 0.05) is 31.1 Å². The van der Waals surface area contributed by atoms with Crippen LogP contribution in [0.1, 0.15) is 18.9 Å². The molecule has 0 radical (unpaired) electrons. The van der Waals surface area contributed by atoms with Gasteiger partial charge in [0.25, 0.3) is 6.04 Å². The van der Waals surface area contributed by atoms with Crippen LogP contribution in [-0.4, -0.2) is 28.8 Å². The van der Waals surface area contributed by atoms with E-state index in [1.54, 1.807) is 19.2 Å². The van der Waals surface area contributed by atoms with Crippen molar-refractivity contribution in [1.29, 1.82) is 0 Å². The van der Waals surface area contributed by atoms with Crippen LogP contribution in [0.25, 0.3) is 0 Å². The molecule has 18 heavy (non-hydrogen) atoms. The van der Waals surface area contributed by atoms with Crippen molar-refractivity contribution < 1.29 is 4.92 Å². The third kappa shape index (κ3) is 3.96. The van der Waals surface area contributed by atoms with Crippen LogP contribution in [0.15, 0.2) is 23.3 Å². The molecule has 1 heterocycles. The maximum absolute atomic E-state index is 10.8. The van der Waals surface area contributed by atoms with Gasteiger partial charge in [-0.05, 0) is 11.6 Å². The number of nitro groups is 1. The van der Waals surface area contributed by atoms with Crippen molar-refractivity contribution >= 4 is 17.4 Å². The number of nitrogens with zero attached hydrogens (tertiary/aromatic N) is 3. The molecule has 0 aliphatic rings. The maximum Gasteiger partial charge on any atom is 0.268 e. The molecule has 0 fully saturated rings. The highest BCUT2D eigenvalue weighted by molar-refractivity contribution is 6.29. The van der Waals surface area contributed by atoms with Gasteiger partial charge in [0.15, 0.2) is 5.84 Å². The lowest BCUT2D eigenvalue weighted by atomic mass is 10.2. The van der Waals surface area contributed by atoms with Gasteiger partial charge >= 0.3 is 0 Å². The second-order valence-corrected chi connectivity index (χ2v) is 4.05. The van der Waals surface area contributed by atoms with Crippen LogP contribution in [0, 0.1) is 10.1 Å². The number of hydrogen-bond acceptors (Lipinski definition) is 4. The summed E-state index contributed by atoms with van der Waals surface area (Å²) < 4.78 is 0. The third-order valence-electron chi connectivity index (χ3n) is 2.46. The van der Waals surface area contributed by atoms with Gasteiger partial charge in [-0.1, -0.05) is 24.6 Å². The second-order valence-electron chi connectivity index (χ2n) is 3.66. The Morgan fingerprint density at radius 1 is 1.67 bits per heavy atom. The molecule has 1 rings (SSSR count). The Morgan fingerprint density at radius 3 is 2.83 bits per heavy atom. The zero-order valence-electron chi connectivity index (χ0n) is 10.3. The van der Waals surface area contributed by atoms with Crippen LogP contribution in [0.4, 0.5) is 0 Å². The number of amidine groups is 1. The first-order valence-corrected chi connectivity index (χ1v) is 5.90. The number of halogens is 1. The second kappa shape index (κ2) is 6.90. The van der Waals surface area contributed by atoms with Gasteiger partial charge in [0.1, 0.15) is 5.15 Å². The Labute approximate surface area is 110 Å². The Balaban J connectivity index is 2.65. The van der Waals surface area contributed by atoms with Crippen LogP contribution in [0.3, 0.4) is 0 Å². The van der Waals surface area contributed by atoms with E-state index in [-0.39, 0.29) is 4.92 Å². The molecule has 1 N–H and O–H groups in total. The molecule has 0 aromatic carbocycles. The number of aromatic nitrogens is 1. The van der Waals surface area contributed by atoms with E-state index < -0.39 is 6.04 Å². The summed E-state index contributed by atoms with van der Waals surface area (Å²) >= 11 is 5.67. The molecule has 0 amide bonds. The van der Waals surface area contributed by atoms with Crippen molar-refractivity contribution in [1.82, 2.24) is 10.3 Å². The molecular formula is C11H15ClN4O2. The number of rotatable bonds is 5. The van der Waals surface area contributed by atoms with E-state index in [1.807, 2.05) is 6.07 Å². The van der Waals surface area contributed by atoms with Gasteiger partial charge in [-0.3, -0.25) is 15.1 Å². The van der Waals surface area contributed by atoms with Gasteiger partial charge in [-0.25, -0.2) is 4.98 Å². The lowest BCUT2D eigenvalue weighted by molar-refractivity contribution is -0.503. The first-order chi connectivity index (χ1) is 8.58. The molecule has 0 bridgehead atoms. The lowest BCUT2D eigenvalue weighted by Crippen LogP contribution is -2.39. The summed E-state index contributed by atoms with van der Waals surface area (Å²) in [5.74, 6) is 0.373. The number of aliphatic imine (C=N–C) groups is 1. The average Bonchev–Trinajstić information content (AvgIpc) is 2.35. The molecule has 7 heteroatoms. The molecule has 6 nitrogen and oxygen atoms in total. The van der Waals surface area contributed by atoms with Gasteiger partial charge in [-0.2, -0.15) is 0 Å². The smallest absolute Gasteiger partial charge is 0.268 e. The highest BCUT2D eigenvalue weighted by Gasteiger charge is 2.24. The molecular weight excluding hydrogens is 256 g/mol. The fraction of sp³-hybridized carbons (Fsp3) is 0.455. The first-order valence-electron chi connectivity index (χ1n) is 5.53. The monoisotopic (exact) mass is 270 g/mol. The highest BCUT2D eigenvalue weighted by atomic mass is 35.5. The summed E-state index contributed by atoms with van der Waals surface area (Å²) in [5, 5.41) is 14.2. The van der Waals surface area contributed by atoms with Crippen LogP contribution in [-0.2, 0) is 6.54 Å². The fourth-order valence-electron chi connectivity index (χ4n) is 1.49. The molecule has 0 saturated heterocycles. The Morgan fingerprint density at radius 2 is 2.39 bits per heavy atom. The summed E-state index contributed by atoms with van der Waals surface area (Å²) in [7, 11) is 1.54. The van der Waals surface area contributed by atoms with Gasteiger partial charge in [0.2, 0.25) is 0 Å². The molecule has 0 aliphatic carbocycles. The maximum atomic E-state index is 10.8. The molecule has 1 atom stereocenters. The Hall–Kier alpha value is -1.69. The van der Waals surface area contributed by atoms with Crippen molar-refractivity contribution in [2.75, 3.05) is 7.05 Å². The molecule has 0 aliphatic heterocycles. The topological polar surface area (TPSA) is 80.4 Å². The molecule has 1 unspecified atom stereocenters. The van der Waals surface area contributed by atoms with E-state index >= 15 is 0 Å². The van der Waals surface area contributed by atoms with Crippen molar-refractivity contribution in [3.8, 4) is 0 Å². The molecule has 0 spiro atoms. The predicted octanol–water partition coefficient (Wildman–Crippen LogP) is 1.91. The predicted molar refractivity (Wildman–Crippen MR) is 70.5 cm³/mol. The minimum atomic E-state index is -0.796. The largest absolute Gasteiger partial charge is 0.364 e. The van der Waals surface area contributed by atoms with E-state index in [2.05, 4.69) is 15.3 Å². The standard InChI is InChI=1S/C11H15ClN4O2/c1-3-9(16(17)18)11(13-2)15-7-8-4-5-10(12)14-6-8/h4-6,9H,3,7H2,1-2H3,(H,13,15). The SMILES string of the molecule is CCC(C(=NC)NCc1ccc(Cl)nc1)[N+](=O)[O-]. The zero-order valence-corrected chi connectivity index (χ0v) is 11.0. The fourth-order valence-corrected chi connectivity index (χ4v) is 1.60. The van der Waals surface area contributed by atoms with Crippen LogP contribution in [0.5, 0.6) is 0 Å². The highest BCUT2D eigenvalue weighted by Crippen LogP contribution is 2.05. The van der Waals surface area contributed by atoms with E-state index in [0.29, 0.717) is 24.0 Å². The van der Waals surface area contributed by atoms with E-state index in [0.717, 1.165) is 5.56 Å². The van der Waals surface area contributed by atoms with Crippen LogP contribution >= 0.6 is 11.6 Å². The Kier molecular flexibility index (Phi) is 5.51. The first kappa shape index (κ1) is 14.4. The summed E-state index contributed by atoms with van der Waals surface area (Å²) in [4.78, 5) is 18.4. The average molecular weight is 271 g/mol. The van der Waals surface area contributed by atoms with Crippen LogP contribution < -0.4 is 5.32 Å². The van der Waals surface area contributed by atoms with E-state index in [1.165, 1.54) is 7.05 Å². The van der Waals surface area contributed by atoms with E-state index in [4.69, 9.17) is 11.6 Å².